The van der Waals surface area contributed by atoms with Crippen LogP contribution < -0.4 is 5.32 Å². The molecule has 1 unspecified atom stereocenters. The molecule has 1 atom stereocenters. The van der Waals surface area contributed by atoms with E-state index in [4.69, 9.17) is 0 Å². The minimum Gasteiger partial charge on any atom is -0.325 e. The van der Waals surface area contributed by atoms with Gasteiger partial charge < -0.3 is 5.32 Å². The second kappa shape index (κ2) is 9.09. The van der Waals surface area contributed by atoms with Crippen LogP contribution in [0.1, 0.15) is 11.6 Å². The van der Waals surface area contributed by atoms with E-state index in [0.717, 1.165) is 23.1 Å². The number of benzene rings is 2. The first-order chi connectivity index (χ1) is 13.0. The number of amides is 1. The Bertz CT molecular complexity index is 811. The molecule has 1 aliphatic heterocycles. The predicted molar refractivity (Wildman–Crippen MR) is 106 cm³/mol. The molecule has 1 saturated heterocycles. The molecule has 0 bridgehead atoms. The van der Waals surface area contributed by atoms with Crippen molar-refractivity contribution in [1.29, 1.82) is 5.26 Å². The lowest BCUT2D eigenvalue weighted by atomic mass is 10.1. The lowest BCUT2D eigenvalue weighted by Crippen LogP contribution is -2.49. The van der Waals surface area contributed by atoms with Gasteiger partial charge in [-0.1, -0.05) is 28.1 Å². The number of carbonyl (C=O) groups is 1. The second-order valence-corrected chi connectivity index (χ2v) is 7.37. The third-order valence-corrected chi connectivity index (χ3v) is 5.10. The minimum absolute atomic E-state index is 0.125. The van der Waals surface area contributed by atoms with Gasteiger partial charge in [0.05, 0.1) is 12.6 Å². The maximum absolute atomic E-state index is 12.9. The molecular weight excluding hydrogens is 411 g/mol. The number of nitrogens with one attached hydrogen (secondary N) is 1. The van der Waals surface area contributed by atoms with Crippen LogP contribution in [0.2, 0.25) is 0 Å². The number of nitriles is 1. The molecule has 5 nitrogen and oxygen atoms in total. The maximum atomic E-state index is 12.9. The largest absolute Gasteiger partial charge is 0.325 e. The Labute approximate surface area is 166 Å². The zero-order chi connectivity index (χ0) is 19.2. The van der Waals surface area contributed by atoms with Crippen molar-refractivity contribution in [3.05, 3.63) is 64.4 Å². The number of piperazine rings is 1. The number of hydrogen-bond donors (Lipinski definition) is 1. The van der Waals surface area contributed by atoms with Gasteiger partial charge in [0.1, 0.15) is 11.9 Å². The van der Waals surface area contributed by atoms with Gasteiger partial charge in [0.2, 0.25) is 5.91 Å². The number of nitrogens with zero attached hydrogens (tertiary/aromatic N) is 3. The molecule has 1 fully saturated rings. The normalized spacial score (nSPS) is 16.5. The summed E-state index contributed by atoms with van der Waals surface area (Å²) in [6, 6.07) is 15.6. The van der Waals surface area contributed by atoms with Gasteiger partial charge in [0.15, 0.2) is 0 Å². The molecule has 27 heavy (non-hydrogen) atoms. The molecule has 0 spiro atoms. The molecule has 1 aliphatic rings. The summed E-state index contributed by atoms with van der Waals surface area (Å²) in [6.07, 6.45) is 0. The van der Waals surface area contributed by atoms with Crippen molar-refractivity contribution >= 4 is 27.5 Å². The van der Waals surface area contributed by atoms with E-state index in [9.17, 15) is 14.4 Å². The van der Waals surface area contributed by atoms with Crippen molar-refractivity contribution in [1.82, 2.24) is 9.80 Å². The molecule has 0 saturated carbocycles. The topological polar surface area (TPSA) is 59.4 Å². The van der Waals surface area contributed by atoms with Crippen molar-refractivity contribution in [2.75, 3.05) is 38.0 Å². The minimum atomic E-state index is -0.332. The van der Waals surface area contributed by atoms with Gasteiger partial charge in [0, 0.05) is 36.3 Å². The first-order valence-electron chi connectivity index (χ1n) is 8.72. The summed E-state index contributed by atoms with van der Waals surface area (Å²) in [5.74, 6) is -0.457. The van der Waals surface area contributed by atoms with Crippen LogP contribution in [0.15, 0.2) is 53.0 Å². The van der Waals surface area contributed by atoms with Gasteiger partial charge in [-0.2, -0.15) is 5.26 Å². The number of anilines is 1. The van der Waals surface area contributed by atoms with Gasteiger partial charge >= 0.3 is 0 Å². The Morgan fingerprint density at radius 3 is 2.33 bits per heavy atom. The van der Waals surface area contributed by atoms with Crippen LogP contribution in [0.4, 0.5) is 10.1 Å². The first-order valence-corrected chi connectivity index (χ1v) is 9.51. The molecule has 140 valence electrons. The molecule has 2 aromatic rings. The average molecular weight is 431 g/mol. The molecule has 1 amide bonds. The lowest BCUT2D eigenvalue weighted by Gasteiger charge is -2.36. The number of hydrogen-bond acceptors (Lipinski definition) is 4. The van der Waals surface area contributed by atoms with Crippen LogP contribution in [0.3, 0.4) is 0 Å². The fourth-order valence-corrected chi connectivity index (χ4v) is 3.39. The Morgan fingerprint density at radius 1 is 1.11 bits per heavy atom. The van der Waals surface area contributed by atoms with Gasteiger partial charge in [-0.3, -0.25) is 14.6 Å². The highest BCUT2D eigenvalue weighted by molar-refractivity contribution is 9.10. The second-order valence-electron chi connectivity index (χ2n) is 6.45. The quantitative estimate of drug-likeness (QED) is 0.789. The smallest absolute Gasteiger partial charge is 0.238 e. The average Bonchev–Trinajstić information content (AvgIpc) is 2.67. The van der Waals surface area contributed by atoms with E-state index in [-0.39, 0.29) is 24.3 Å². The Morgan fingerprint density at radius 2 is 1.74 bits per heavy atom. The van der Waals surface area contributed by atoms with Crippen LogP contribution in [-0.4, -0.2) is 48.4 Å². The summed E-state index contributed by atoms with van der Waals surface area (Å²) in [4.78, 5) is 16.4. The third-order valence-electron chi connectivity index (χ3n) is 4.58. The molecular formula is C20H20BrFN4O. The Kier molecular flexibility index (Phi) is 6.56. The van der Waals surface area contributed by atoms with Crippen molar-refractivity contribution < 1.29 is 9.18 Å². The van der Waals surface area contributed by atoms with Gasteiger partial charge in [-0.25, -0.2) is 4.39 Å². The van der Waals surface area contributed by atoms with Crippen LogP contribution in [-0.2, 0) is 4.79 Å². The Hall–Kier alpha value is -2.27. The van der Waals surface area contributed by atoms with Crippen LogP contribution in [0, 0.1) is 17.1 Å². The van der Waals surface area contributed by atoms with E-state index in [1.165, 1.54) is 12.1 Å². The zero-order valence-electron chi connectivity index (χ0n) is 14.7. The first kappa shape index (κ1) is 19.5. The monoisotopic (exact) mass is 430 g/mol. The highest BCUT2D eigenvalue weighted by atomic mass is 79.9. The summed E-state index contributed by atoms with van der Waals surface area (Å²) in [6.45, 7) is 3.15. The highest BCUT2D eigenvalue weighted by Crippen LogP contribution is 2.23. The van der Waals surface area contributed by atoms with Crippen molar-refractivity contribution in [2.45, 2.75) is 6.04 Å². The maximum Gasteiger partial charge on any atom is 0.238 e. The van der Waals surface area contributed by atoms with Crippen LogP contribution in [0.25, 0.3) is 0 Å². The molecule has 1 heterocycles. The number of halogens is 2. The van der Waals surface area contributed by atoms with E-state index in [1.54, 1.807) is 12.1 Å². The lowest BCUT2D eigenvalue weighted by molar-refractivity contribution is -0.117. The zero-order valence-corrected chi connectivity index (χ0v) is 16.3. The molecule has 7 heteroatoms. The molecule has 0 aromatic heterocycles. The summed E-state index contributed by atoms with van der Waals surface area (Å²) in [7, 11) is 0. The van der Waals surface area contributed by atoms with E-state index in [2.05, 4.69) is 37.1 Å². The SMILES string of the molecule is N#CC(c1ccc(Br)cc1)N1CCN(CC(=O)Nc2ccc(F)cc2)CC1. The van der Waals surface area contributed by atoms with Gasteiger partial charge in [-0.15, -0.1) is 0 Å². The standard InChI is InChI=1S/C20H20BrFN4O/c21-16-3-1-15(2-4-16)19(13-23)26-11-9-25(10-12-26)14-20(27)24-18-7-5-17(22)6-8-18/h1-8,19H,9-12,14H2,(H,24,27). The van der Waals surface area contributed by atoms with Crippen molar-refractivity contribution in [3.8, 4) is 6.07 Å². The molecule has 3 rings (SSSR count). The van der Waals surface area contributed by atoms with E-state index in [1.807, 2.05) is 24.3 Å². The summed E-state index contributed by atoms with van der Waals surface area (Å²) in [5, 5.41) is 12.4. The fraction of sp³-hybridized carbons (Fsp3) is 0.300. The molecule has 2 aromatic carbocycles. The van der Waals surface area contributed by atoms with Crippen molar-refractivity contribution in [2.24, 2.45) is 0 Å². The van der Waals surface area contributed by atoms with E-state index >= 15 is 0 Å². The third kappa shape index (κ3) is 5.36. The summed E-state index contributed by atoms with van der Waals surface area (Å²) < 4.78 is 13.9. The molecule has 0 radical (unpaired) electrons. The fourth-order valence-electron chi connectivity index (χ4n) is 3.13. The predicted octanol–water partition coefficient (Wildman–Crippen LogP) is 3.41. The summed E-state index contributed by atoms with van der Waals surface area (Å²) >= 11 is 3.41. The van der Waals surface area contributed by atoms with Gasteiger partial charge in [0.25, 0.3) is 0 Å². The summed E-state index contributed by atoms with van der Waals surface area (Å²) in [5.41, 5.74) is 1.56. The van der Waals surface area contributed by atoms with Crippen LogP contribution >= 0.6 is 15.9 Å². The Balaban J connectivity index is 1.50. The van der Waals surface area contributed by atoms with Crippen LogP contribution in [0.5, 0.6) is 0 Å². The molecule has 0 aliphatic carbocycles. The van der Waals surface area contributed by atoms with Gasteiger partial charge in [-0.05, 0) is 42.0 Å². The van der Waals surface area contributed by atoms with E-state index < -0.39 is 0 Å². The number of rotatable bonds is 5. The highest BCUT2D eigenvalue weighted by Gasteiger charge is 2.25. The van der Waals surface area contributed by atoms with Crippen molar-refractivity contribution in [3.63, 3.8) is 0 Å². The number of carbonyl (C=O) groups excluding carboxylic acids is 1. The molecule has 1 N–H and O–H groups in total. The van der Waals surface area contributed by atoms with E-state index in [0.29, 0.717) is 18.8 Å².